The van der Waals surface area contributed by atoms with Gasteiger partial charge in [0.2, 0.25) is 0 Å². The van der Waals surface area contributed by atoms with Gasteiger partial charge in [0.25, 0.3) is 0 Å². The number of methoxy groups -OCH3 is 1. The first-order valence-electron chi connectivity index (χ1n) is 7.33. The second-order valence-electron chi connectivity index (χ2n) is 5.37. The van der Waals surface area contributed by atoms with E-state index in [1.807, 2.05) is 11.8 Å². The van der Waals surface area contributed by atoms with Crippen LogP contribution in [0.3, 0.4) is 0 Å². The molecule has 0 aromatic carbocycles. The van der Waals surface area contributed by atoms with Crippen molar-refractivity contribution in [1.82, 2.24) is 10.2 Å². The number of carbonyl (C=O) groups excluding carboxylic acids is 1. The molecular formula is C14H26N2O4. The van der Waals surface area contributed by atoms with Gasteiger partial charge in [-0.2, -0.15) is 0 Å². The Hall–Kier alpha value is -1.30. The van der Waals surface area contributed by atoms with Crippen LogP contribution in [0.25, 0.3) is 0 Å². The van der Waals surface area contributed by atoms with Gasteiger partial charge in [-0.3, -0.25) is 4.79 Å². The summed E-state index contributed by atoms with van der Waals surface area (Å²) in [7, 11) is 1.63. The molecule has 6 heteroatoms. The highest BCUT2D eigenvalue weighted by Gasteiger charge is 2.24. The van der Waals surface area contributed by atoms with E-state index in [4.69, 9.17) is 9.84 Å². The summed E-state index contributed by atoms with van der Waals surface area (Å²) in [5.74, 6) is -0.313. The van der Waals surface area contributed by atoms with Gasteiger partial charge < -0.3 is 20.1 Å². The third-order valence-corrected chi connectivity index (χ3v) is 3.86. The van der Waals surface area contributed by atoms with E-state index in [1.54, 1.807) is 7.11 Å². The molecule has 0 bridgehead atoms. The Morgan fingerprint density at radius 3 is 2.55 bits per heavy atom. The second kappa shape index (κ2) is 8.79. The number of nitrogens with one attached hydrogen (secondary N) is 1. The highest BCUT2D eigenvalue weighted by Crippen LogP contribution is 2.21. The fraction of sp³-hybridized carbons (Fsp3) is 0.857. The van der Waals surface area contributed by atoms with Crippen molar-refractivity contribution in [3.8, 4) is 0 Å². The van der Waals surface area contributed by atoms with E-state index in [9.17, 15) is 9.59 Å². The van der Waals surface area contributed by atoms with Crippen molar-refractivity contribution < 1.29 is 19.4 Å². The average Bonchev–Trinajstić information content (AvgIpc) is 2.45. The molecule has 1 saturated heterocycles. The fourth-order valence-corrected chi connectivity index (χ4v) is 2.48. The lowest BCUT2D eigenvalue weighted by molar-refractivity contribution is -0.137. The number of carboxylic acids is 1. The average molecular weight is 286 g/mol. The van der Waals surface area contributed by atoms with E-state index in [2.05, 4.69) is 5.32 Å². The molecule has 116 valence electrons. The summed E-state index contributed by atoms with van der Waals surface area (Å²) in [4.78, 5) is 24.4. The van der Waals surface area contributed by atoms with Crippen molar-refractivity contribution in [2.45, 2.75) is 45.1 Å². The Kier molecular flexibility index (Phi) is 7.36. The normalized spacial score (nSPS) is 17.8. The van der Waals surface area contributed by atoms with Crippen LogP contribution in [0.15, 0.2) is 0 Å². The van der Waals surface area contributed by atoms with Crippen LogP contribution in [-0.2, 0) is 9.53 Å². The maximum Gasteiger partial charge on any atom is 0.317 e. The van der Waals surface area contributed by atoms with E-state index < -0.39 is 5.97 Å². The number of piperidine rings is 1. The van der Waals surface area contributed by atoms with Crippen LogP contribution in [0.1, 0.15) is 39.0 Å². The summed E-state index contributed by atoms with van der Waals surface area (Å²) in [6, 6.07) is 0.0165. The highest BCUT2D eigenvalue weighted by atomic mass is 16.5. The summed E-state index contributed by atoms with van der Waals surface area (Å²) in [6.45, 7) is 3.96. The van der Waals surface area contributed by atoms with E-state index >= 15 is 0 Å². The molecule has 6 nitrogen and oxygen atoms in total. The molecule has 1 rings (SSSR count). The Morgan fingerprint density at radius 2 is 2.05 bits per heavy atom. The number of hydrogen-bond donors (Lipinski definition) is 2. The van der Waals surface area contributed by atoms with Crippen LogP contribution in [0.2, 0.25) is 0 Å². The molecular weight excluding hydrogens is 260 g/mol. The van der Waals surface area contributed by atoms with Crippen LogP contribution in [0.4, 0.5) is 4.79 Å². The van der Waals surface area contributed by atoms with Crippen molar-refractivity contribution in [3.05, 3.63) is 0 Å². The zero-order chi connectivity index (χ0) is 15.0. The highest BCUT2D eigenvalue weighted by molar-refractivity contribution is 5.74. The summed E-state index contributed by atoms with van der Waals surface area (Å²) >= 11 is 0. The molecule has 0 spiro atoms. The van der Waals surface area contributed by atoms with E-state index in [0.29, 0.717) is 32.0 Å². The lowest BCUT2D eigenvalue weighted by Crippen LogP contribution is -2.48. The van der Waals surface area contributed by atoms with Gasteiger partial charge in [0.1, 0.15) is 0 Å². The molecule has 0 saturated carbocycles. The predicted molar refractivity (Wildman–Crippen MR) is 75.7 cm³/mol. The molecule has 20 heavy (non-hydrogen) atoms. The van der Waals surface area contributed by atoms with E-state index in [-0.39, 0.29) is 18.5 Å². The molecule has 1 fully saturated rings. The summed E-state index contributed by atoms with van der Waals surface area (Å²) in [5.41, 5.74) is 0. The predicted octanol–water partition coefficient (Wildman–Crippen LogP) is 1.70. The van der Waals surface area contributed by atoms with Crippen LogP contribution in [0.5, 0.6) is 0 Å². The van der Waals surface area contributed by atoms with Gasteiger partial charge in [0.15, 0.2) is 0 Å². The summed E-state index contributed by atoms with van der Waals surface area (Å²) in [6.07, 6.45) is 3.56. The van der Waals surface area contributed by atoms with E-state index in [1.165, 1.54) is 0 Å². The van der Waals surface area contributed by atoms with Crippen LogP contribution >= 0.6 is 0 Å². The molecule has 1 aliphatic heterocycles. The van der Waals surface area contributed by atoms with Crippen molar-refractivity contribution >= 4 is 12.0 Å². The minimum absolute atomic E-state index is 0.0365. The monoisotopic (exact) mass is 286 g/mol. The molecule has 1 aliphatic rings. The Morgan fingerprint density at radius 1 is 1.40 bits per heavy atom. The number of likely N-dealkylation sites (tertiary alicyclic amines) is 1. The number of hydrogen-bond acceptors (Lipinski definition) is 3. The third-order valence-electron chi connectivity index (χ3n) is 3.86. The molecule has 2 amide bonds. The maximum absolute atomic E-state index is 12.1. The van der Waals surface area contributed by atoms with Gasteiger partial charge in [-0.25, -0.2) is 4.79 Å². The fourth-order valence-electron chi connectivity index (χ4n) is 2.48. The lowest BCUT2D eigenvalue weighted by atomic mass is 9.92. The number of carbonyl (C=O) groups is 2. The molecule has 0 aromatic rings. The maximum atomic E-state index is 12.1. The van der Waals surface area contributed by atoms with Crippen molar-refractivity contribution in [2.24, 2.45) is 5.92 Å². The molecule has 1 atom stereocenters. The number of urea groups is 1. The molecule has 0 aromatic heterocycles. The number of carboxylic acid groups (broad SMARTS) is 1. The molecule has 0 radical (unpaired) electrons. The Bertz CT molecular complexity index is 314. The first-order valence-corrected chi connectivity index (χ1v) is 7.33. The van der Waals surface area contributed by atoms with Gasteiger partial charge >= 0.3 is 12.0 Å². The lowest BCUT2D eigenvalue weighted by Gasteiger charge is -2.33. The van der Waals surface area contributed by atoms with Crippen LogP contribution < -0.4 is 5.32 Å². The summed E-state index contributed by atoms with van der Waals surface area (Å²) in [5, 5.41) is 11.6. The Balaban J connectivity index is 2.29. The number of ether oxygens (including phenoxy) is 1. The van der Waals surface area contributed by atoms with Gasteiger partial charge in [0, 0.05) is 26.6 Å². The van der Waals surface area contributed by atoms with Gasteiger partial charge in [-0.15, -0.1) is 0 Å². The topological polar surface area (TPSA) is 78.9 Å². The van der Waals surface area contributed by atoms with Gasteiger partial charge in [-0.1, -0.05) is 6.92 Å². The van der Waals surface area contributed by atoms with E-state index in [0.717, 1.165) is 19.3 Å². The molecule has 1 unspecified atom stereocenters. The molecule has 2 N–H and O–H groups in total. The first-order chi connectivity index (χ1) is 9.56. The second-order valence-corrected chi connectivity index (χ2v) is 5.37. The van der Waals surface area contributed by atoms with Gasteiger partial charge in [-0.05, 0) is 31.6 Å². The molecule has 1 heterocycles. The van der Waals surface area contributed by atoms with Crippen molar-refractivity contribution in [1.29, 1.82) is 0 Å². The standard InChI is InChI=1S/C14H26N2O4/c1-3-12(10-20-2)15-14(19)16-8-6-11(7-9-16)4-5-13(17)18/h11-12H,3-10H2,1-2H3,(H,15,19)(H,17,18). The zero-order valence-corrected chi connectivity index (χ0v) is 12.4. The minimum atomic E-state index is -0.740. The minimum Gasteiger partial charge on any atom is -0.481 e. The number of aliphatic carboxylic acids is 1. The zero-order valence-electron chi connectivity index (χ0n) is 12.4. The van der Waals surface area contributed by atoms with Crippen molar-refractivity contribution in [2.75, 3.05) is 26.8 Å². The SMILES string of the molecule is CCC(COC)NC(=O)N1CCC(CCC(=O)O)CC1. The molecule has 0 aliphatic carbocycles. The largest absolute Gasteiger partial charge is 0.481 e. The van der Waals surface area contributed by atoms with Crippen molar-refractivity contribution in [3.63, 3.8) is 0 Å². The number of nitrogens with zero attached hydrogens (tertiary/aromatic N) is 1. The quantitative estimate of drug-likeness (QED) is 0.746. The third kappa shape index (κ3) is 5.77. The Labute approximate surface area is 120 Å². The summed E-state index contributed by atoms with van der Waals surface area (Å²) < 4.78 is 5.07. The van der Waals surface area contributed by atoms with Gasteiger partial charge in [0.05, 0.1) is 12.6 Å². The van der Waals surface area contributed by atoms with Crippen LogP contribution in [0, 0.1) is 5.92 Å². The smallest absolute Gasteiger partial charge is 0.317 e. The number of amides is 2. The first kappa shape index (κ1) is 16.8. The van der Waals surface area contributed by atoms with Crippen LogP contribution in [-0.4, -0.2) is 54.9 Å². The number of rotatable bonds is 7.